The minimum atomic E-state index is -0.188. The molecule has 35 heavy (non-hydrogen) atoms. The average Bonchev–Trinajstić information content (AvgIpc) is 2.82. The molecule has 4 aromatic carbocycles. The third-order valence-corrected chi connectivity index (χ3v) is 5.94. The maximum absolute atomic E-state index is 9.96. The first-order chi connectivity index (χ1) is 16.4. The Morgan fingerprint density at radius 2 is 0.714 bits per heavy atom. The van der Waals surface area contributed by atoms with Gasteiger partial charge in [-0.25, -0.2) is 0 Å². The molecule has 0 saturated carbocycles. The van der Waals surface area contributed by atoms with E-state index in [1.54, 1.807) is 48.5 Å². The quantitative estimate of drug-likeness (QED) is 0.244. The monoisotopic (exact) mass is 472 g/mol. The molecule has 0 fully saturated rings. The molecule has 0 heterocycles. The van der Waals surface area contributed by atoms with Crippen molar-refractivity contribution in [2.24, 2.45) is 0 Å². The smallest absolute Gasteiger partial charge is 0.121 e. The standard InChI is InChI=1S/C19H24O2.2C6H6O/c1-11-7-15(8-12(2)17(11)20)19(5,6)16-9-13(3)18(21)14(4)10-16;2*7-6-4-2-1-3-5-6/h7-10,20-21H,1-6H3;2*1-5,7H. The molecular formula is C31H36O4. The molecule has 0 atom stereocenters. The van der Waals surface area contributed by atoms with Crippen molar-refractivity contribution in [1.82, 2.24) is 0 Å². The molecule has 184 valence electrons. The van der Waals surface area contributed by atoms with Gasteiger partial charge in [-0.1, -0.05) is 74.5 Å². The number of rotatable bonds is 2. The molecule has 4 rings (SSSR count). The highest BCUT2D eigenvalue weighted by atomic mass is 16.3. The van der Waals surface area contributed by atoms with Gasteiger partial charge in [0.15, 0.2) is 0 Å². The van der Waals surface area contributed by atoms with Gasteiger partial charge in [0.2, 0.25) is 0 Å². The van der Waals surface area contributed by atoms with E-state index < -0.39 is 0 Å². The Kier molecular flexibility index (Phi) is 9.35. The lowest BCUT2D eigenvalue weighted by Crippen LogP contribution is -2.19. The van der Waals surface area contributed by atoms with Crippen LogP contribution >= 0.6 is 0 Å². The fourth-order valence-corrected chi connectivity index (χ4v) is 3.66. The SMILES string of the molecule is Cc1cc(C(C)(C)c2cc(C)c(O)c(C)c2)cc(C)c1O.Oc1ccccc1.Oc1ccccc1. The highest BCUT2D eigenvalue weighted by Gasteiger charge is 2.25. The molecule has 0 aliphatic rings. The molecule has 0 saturated heterocycles. The van der Waals surface area contributed by atoms with E-state index in [-0.39, 0.29) is 5.41 Å². The maximum atomic E-state index is 9.96. The minimum Gasteiger partial charge on any atom is -0.508 e. The highest BCUT2D eigenvalue weighted by Crippen LogP contribution is 2.37. The summed E-state index contributed by atoms with van der Waals surface area (Å²) in [6.45, 7) is 12.0. The van der Waals surface area contributed by atoms with E-state index >= 15 is 0 Å². The molecule has 0 spiro atoms. The first-order valence-electron chi connectivity index (χ1n) is 11.5. The summed E-state index contributed by atoms with van der Waals surface area (Å²) in [5.74, 6) is 1.38. The number of aromatic hydroxyl groups is 4. The molecule has 4 N–H and O–H groups in total. The van der Waals surface area contributed by atoms with Gasteiger partial charge in [-0.05, 0) is 85.3 Å². The van der Waals surface area contributed by atoms with Gasteiger partial charge in [0.25, 0.3) is 0 Å². The molecule has 4 nitrogen and oxygen atoms in total. The second-order valence-corrected chi connectivity index (χ2v) is 9.21. The third kappa shape index (κ3) is 7.54. The van der Waals surface area contributed by atoms with E-state index in [2.05, 4.69) is 13.8 Å². The molecular weight excluding hydrogens is 436 g/mol. The van der Waals surface area contributed by atoms with E-state index in [1.807, 2.05) is 64.1 Å². The molecule has 0 aliphatic carbocycles. The minimum absolute atomic E-state index is 0.188. The lowest BCUT2D eigenvalue weighted by Gasteiger charge is -2.28. The second kappa shape index (κ2) is 12.0. The zero-order valence-electron chi connectivity index (χ0n) is 21.4. The molecule has 0 radical (unpaired) electrons. The van der Waals surface area contributed by atoms with Crippen molar-refractivity contribution < 1.29 is 20.4 Å². The van der Waals surface area contributed by atoms with Gasteiger partial charge in [0.05, 0.1) is 0 Å². The molecule has 0 bridgehead atoms. The summed E-state index contributed by atoms with van der Waals surface area (Å²) in [6.07, 6.45) is 0. The van der Waals surface area contributed by atoms with Crippen molar-refractivity contribution in [3.8, 4) is 23.0 Å². The Labute approximate surface area is 208 Å². The summed E-state index contributed by atoms with van der Waals surface area (Å²) in [6, 6.07) is 25.6. The molecule has 4 aromatic rings. The Bertz CT molecular complexity index is 1090. The number of aryl methyl sites for hydroxylation is 4. The van der Waals surface area contributed by atoms with Crippen LogP contribution in [0.1, 0.15) is 47.2 Å². The van der Waals surface area contributed by atoms with Crippen molar-refractivity contribution in [2.45, 2.75) is 47.0 Å². The Morgan fingerprint density at radius 3 is 0.914 bits per heavy atom. The summed E-state index contributed by atoms with van der Waals surface area (Å²) in [4.78, 5) is 0. The van der Waals surface area contributed by atoms with E-state index in [9.17, 15) is 10.2 Å². The summed E-state index contributed by atoms with van der Waals surface area (Å²) in [5.41, 5.74) is 5.72. The van der Waals surface area contributed by atoms with Crippen molar-refractivity contribution in [3.63, 3.8) is 0 Å². The van der Waals surface area contributed by atoms with Crippen LogP contribution in [-0.4, -0.2) is 20.4 Å². The fraction of sp³-hybridized carbons (Fsp3) is 0.226. The zero-order chi connectivity index (χ0) is 26.2. The zero-order valence-corrected chi connectivity index (χ0v) is 21.4. The molecule has 0 aliphatic heterocycles. The van der Waals surface area contributed by atoms with Crippen molar-refractivity contribution in [2.75, 3.05) is 0 Å². The fourth-order valence-electron chi connectivity index (χ4n) is 3.66. The number of benzene rings is 4. The summed E-state index contributed by atoms with van der Waals surface area (Å²) < 4.78 is 0. The van der Waals surface area contributed by atoms with Crippen molar-refractivity contribution >= 4 is 0 Å². The average molecular weight is 473 g/mol. The molecule has 0 amide bonds. The molecule has 0 aromatic heterocycles. The molecule has 4 heteroatoms. The first kappa shape index (κ1) is 27.3. The number of hydrogen-bond acceptors (Lipinski definition) is 4. The van der Waals surface area contributed by atoms with Crippen LogP contribution in [0.5, 0.6) is 23.0 Å². The number of phenols is 4. The topological polar surface area (TPSA) is 80.9 Å². The van der Waals surface area contributed by atoms with Gasteiger partial charge in [0, 0.05) is 5.41 Å². The van der Waals surface area contributed by atoms with Crippen LogP contribution in [0.4, 0.5) is 0 Å². The highest BCUT2D eigenvalue weighted by molar-refractivity contribution is 5.51. The van der Waals surface area contributed by atoms with Gasteiger partial charge in [-0.2, -0.15) is 0 Å². The van der Waals surface area contributed by atoms with Gasteiger partial charge in [-0.3, -0.25) is 0 Å². The van der Waals surface area contributed by atoms with Crippen LogP contribution in [0.15, 0.2) is 84.9 Å². The first-order valence-corrected chi connectivity index (χ1v) is 11.5. The normalized spacial score (nSPS) is 10.5. The maximum Gasteiger partial charge on any atom is 0.121 e. The van der Waals surface area contributed by atoms with Gasteiger partial charge in [0.1, 0.15) is 23.0 Å². The molecule has 0 unspecified atom stereocenters. The van der Waals surface area contributed by atoms with E-state index in [0.29, 0.717) is 23.0 Å². The third-order valence-electron chi connectivity index (χ3n) is 5.94. The van der Waals surface area contributed by atoms with E-state index in [0.717, 1.165) is 22.3 Å². The predicted octanol–water partition coefficient (Wildman–Crippen LogP) is 7.44. The van der Waals surface area contributed by atoms with Crippen LogP contribution in [0.3, 0.4) is 0 Å². The number of phenolic OH excluding ortho intramolecular Hbond substituents is 4. The van der Waals surface area contributed by atoms with E-state index in [1.165, 1.54) is 11.1 Å². The van der Waals surface area contributed by atoms with Crippen molar-refractivity contribution in [3.05, 3.63) is 118 Å². The predicted molar refractivity (Wildman–Crippen MR) is 144 cm³/mol. The number of para-hydroxylation sites is 2. The largest absolute Gasteiger partial charge is 0.508 e. The van der Waals surface area contributed by atoms with Gasteiger partial charge >= 0.3 is 0 Å². The lowest BCUT2D eigenvalue weighted by molar-refractivity contribution is 0.465. The van der Waals surface area contributed by atoms with Crippen LogP contribution in [0.25, 0.3) is 0 Å². The Hall–Kier alpha value is -3.92. The van der Waals surface area contributed by atoms with Gasteiger partial charge < -0.3 is 20.4 Å². The van der Waals surface area contributed by atoms with Crippen LogP contribution in [-0.2, 0) is 5.41 Å². The lowest BCUT2D eigenvalue weighted by atomic mass is 9.76. The summed E-state index contributed by atoms with van der Waals surface area (Å²) in [7, 11) is 0. The van der Waals surface area contributed by atoms with Crippen molar-refractivity contribution in [1.29, 1.82) is 0 Å². The van der Waals surface area contributed by atoms with Gasteiger partial charge in [-0.15, -0.1) is 0 Å². The summed E-state index contributed by atoms with van der Waals surface area (Å²) >= 11 is 0. The second-order valence-electron chi connectivity index (χ2n) is 9.21. The van der Waals surface area contributed by atoms with Crippen LogP contribution in [0, 0.1) is 27.7 Å². The Morgan fingerprint density at radius 1 is 0.457 bits per heavy atom. The Balaban J connectivity index is 0.000000249. The number of hydrogen-bond donors (Lipinski definition) is 4. The van der Waals surface area contributed by atoms with Crippen LogP contribution < -0.4 is 0 Å². The van der Waals surface area contributed by atoms with E-state index in [4.69, 9.17) is 10.2 Å². The summed E-state index contributed by atoms with van der Waals surface area (Å²) in [5, 5.41) is 37.2. The van der Waals surface area contributed by atoms with Crippen LogP contribution in [0.2, 0.25) is 0 Å².